The fourth-order valence-electron chi connectivity index (χ4n) is 1.85. The van der Waals surface area contributed by atoms with Crippen LogP contribution >= 0.6 is 36.2 Å². The van der Waals surface area contributed by atoms with Crippen LogP contribution in [0.1, 0.15) is 17.1 Å². The molecule has 0 aliphatic heterocycles. The maximum atomic E-state index is 5.30. The second kappa shape index (κ2) is 6.92. The lowest BCUT2D eigenvalue weighted by Crippen LogP contribution is -2.02. The summed E-state index contributed by atoms with van der Waals surface area (Å²) >= 11 is 1.67. The Balaban J connectivity index is 0.000001000. The Hall–Kier alpha value is -1.30. The van der Waals surface area contributed by atoms with Gasteiger partial charge in [-0.05, 0) is 36.9 Å². The molecule has 0 radical (unpaired) electrons. The molecule has 0 atom stereocenters. The van der Waals surface area contributed by atoms with Gasteiger partial charge in [0, 0.05) is 0 Å². The van der Waals surface area contributed by atoms with Gasteiger partial charge >= 0.3 is 0 Å². The normalized spacial score (nSPS) is 9.90. The van der Waals surface area contributed by atoms with Crippen molar-refractivity contribution < 1.29 is 4.42 Å². The molecule has 3 heterocycles. The van der Waals surface area contributed by atoms with E-state index >= 15 is 0 Å². The lowest BCUT2D eigenvalue weighted by Gasteiger charge is -2.06. The zero-order chi connectivity index (χ0) is 12.5. The van der Waals surface area contributed by atoms with Crippen molar-refractivity contribution in [2.45, 2.75) is 20.4 Å². The molecule has 0 saturated carbocycles. The van der Waals surface area contributed by atoms with E-state index in [-0.39, 0.29) is 24.8 Å². The third-order valence-electron chi connectivity index (χ3n) is 2.71. The number of furan rings is 1. The molecule has 3 aromatic rings. The first-order valence-corrected chi connectivity index (χ1v) is 6.60. The van der Waals surface area contributed by atoms with E-state index in [0.717, 1.165) is 27.6 Å². The number of nitrogens with zero attached hydrogens (tertiary/aromatic N) is 2. The quantitative estimate of drug-likeness (QED) is 0.774. The summed E-state index contributed by atoms with van der Waals surface area (Å²) < 4.78 is 6.40. The van der Waals surface area contributed by atoms with Gasteiger partial charge in [-0.2, -0.15) is 0 Å². The predicted molar refractivity (Wildman–Crippen MR) is 87.4 cm³/mol. The number of halogens is 2. The maximum absolute atomic E-state index is 5.30. The van der Waals surface area contributed by atoms with Crippen LogP contribution in [-0.4, -0.2) is 9.97 Å². The van der Waals surface area contributed by atoms with Gasteiger partial charge in [-0.25, -0.2) is 9.97 Å². The van der Waals surface area contributed by atoms with Crippen LogP contribution in [0, 0.1) is 13.8 Å². The highest BCUT2D eigenvalue weighted by Crippen LogP contribution is 2.29. The van der Waals surface area contributed by atoms with Gasteiger partial charge in [-0.1, -0.05) is 0 Å². The maximum Gasteiger partial charge on any atom is 0.148 e. The summed E-state index contributed by atoms with van der Waals surface area (Å²) in [6.07, 6.45) is 1.67. The number of nitrogens with one attached hydrogen (secondary N) is 1. The summed E-state index contributed by atoms with van der Waals surface area (Å²) in [5.41, 5.74) is 2.23. The topological polar surface area (TPSA) is 51.0 Å². The van der Waals surface area contributed by atoms with E-state index in [9.17, 15) is 0 Å². The van der Waals surface area contributed by atoms with Crippen molar-refractivity contribution in [3.05, 3.63) is 40.9 Å². The molecule has 0 aromatic carbocycles. The first-order chi connectivity index (χ1) is 8.74. The molecule has 4 nitrogen and oxygen atoms in total. The highest BCUT2D eigenvalue weighted by atomic mass is 35.5. The Morgan fingerprint density at radius 3 is 2.75 bits per heavy atom. The summed E-state index contributed by atoms with van der Waals surface area (Å²) in [5, 5.41) is 5.42. The zero-order valence-electron chi connectivity index (χ0n) is 11.0. The molecule has 108 valence electrons. The van der Waals surface area contributed by atoms with Crippen LogP contribution in [0.2, 0.25) is 0 Å². The van der Waals surface area contributed by atoms with Gasteiger partial charge < -0.3 is 9.73 Å². The van der Waals surface area contributed by atoms with Gasteiger partial charge in [0.2, 0.25) is 0 Å². The molecule has 3 rings (SSSR count). The van der Waals surface area contributed by atoms with Crippen molar-refractivity contribution in [1.82, 2.24) is 9.97 Å². The van der Waals surface area contributed by atoms with Crippen LogP contribution in [0.15, 0.2) is 28.2 Å². The summed E-state index contributed by atoms with van der Waals surface area (Å²) in [5.74, 6) is 2.56. The first kappa shape index (κ1) is 16.8. The monoisotopic (exact) mass is 331 g/mol. The minimum atomic E-state index is 0. The lowest BCUT2D eigenvalue weighted by molar-refractivity contribution is 0.518. The van der Waals surface area contributed by atoms with Gasteiger partial charge in [-0.15, -0.1) is 36.2 Å². The van der Waals surface area contributed by atoms with E-state index in [0.29, 0.717) is 6.54 Å². The van der Waals surface area contributed by atoms with Crippen LogP contribution in [0.3, 0.4) is 0 Å². The highest BCUT2D eigenvalue weighted by Gasteiger charge is 2.10. The first-order valence-electron chi connectivity index (χ1n) is 5.73. The van der Waals surface area contributed by atoms with E-state index < -0.39 is 0 Å². The summed E-state index contributed by atoms with van der Waals surface area (Å²) in [6, 6.07) is 3.82. The number of aromatic nitrogens is 2. The number of thiophene rings is 1. The molecule has 0 unspecified atom stereocenters. The lowest BCUT2D eigenvalue weighted by atomic mass is 10.3. The molecule has 20 heavy (non-hydrogen) atoms. The number of fused-ring (bicyclic) bond motifs is 1. The second-order valence-electron chi connectivity index (χ2n) is 4.15. The van der Waals surface area contributed by atoms with E-state index in [1.807, 2.05) is 19.1 Å². The van der Waals surface area contributed by atoms with E-state index in [1.54, 1.807) is 17.6 Å². The molecule has 1 N–H and O–H groups in total. The van der Waals surface area contributed by atoms with Crippen molar-refractivity contribution in [3.63, 3.8) is 0 Å². The Kier molecular flexibility index (Phi) is 5.80. The Bertz CT molecular complexity index is 682. The minimum Gasteiger partial charge on any atom is -0.467 e. The van der Waals surface area contributed by atoms with Gasteiger partial charge in [0.15, 0.2) is 0 Å². The average Bonchev–Trinajstić information content (AvgIpc) is 2.97. The molecule has 0 aliphatic carbocycles. The fraction of sp³-hybridized carbons (Fsp3) is 0.231. The Labute approximate surface area is 133 Å². The summed E-state index contributed by atoms with van der Waals surface area (Å²) in [4.78, 5) is 8.94. The Morgan fingerprint density at radius 2 is 2.05 bits per heavy atom. The highest BCUT2D eigenvalue weighted by molar-refractivity contribution is 7.18. The number of anilines is 1. The van der Waals surface area contributed by atoms with Crippen molar-refractivity contribution in [3.8, 4) is 0 Å². The predicted octanol–water partition coefficient (Wildman–Crippen LogP) is 4.36. The molecule has 3 aromatic heterocycles. The zero-order valence-corrected chi connectivity index (χ0v) is 13.5. The minimum absolute atomic E-state index is 0. The third-order valence-corrected chi connectivity index (χ3v) is 3.81. The largest absolute Gasteiger partial charge is 0.467 e. The fourth-order valence-corrected chi connectivity index (χ4v) is 2.80. The van der Waals surface area contributed by atoms with Crippen molar-refractivity contribution in [2.75, 3.05) is 5.32 Å². The number of hydrogen-bond acceptors (Lipinski definition) is 5. The van der Waals surface area contributed by atoms with E-state index in [1.165, 1.54) is 5.56 Å². The van der Waals surface area contributed by atoms with Crippen LogP contribution < -0.4 is 5.32 Å². The standard InChI is InChI=1S/C13H13N3OS.2ClH/c1-8-7-18-12-11(8)15-9(2)16-13(12)14-6-10-4-3-5-17-10;;/h3-5,7H,6H2,1-2H3,(H,14,15,16);2*1H. The Morgan fingerprint density at radius 1 is 1.25 bits per heavy atom. The van der Waals surface area contributed by atoms with Gasteiger partial charge in [0.25, 0.3) is 0 Å². The second-order valence-corrected chi connectivity index (χ2v) is 5.03. The molecule has 0 amide bonds. The van der Waals surface area contributed by atoms with Crippen LogP contribution in [-0.2, 0) is 6.54 Å². The van der Waals surface area contributed by atoms with Crippen molar-refractivity contribution >= 4 is 52.2 Å². The summed E-state index contributed by atoms with van der Waals surface area (Å²) in [7, 11) is 0. The van der Waals surface area contributed by atoms with Crippen molar-refractivity contribution in [2.24, 2.45) is 0 Å². The molecule has 0 saturated heterocycles. The van der Waals surface area contributed by atoms with Gasteiger partial charge in [0.05, 0.1) is 23.0 Å². The molecule has 7 heteroatoms. The van der Waals surface area contributed by atoms with E-state index in [4.69, 9.17) is 4.42 Å². The van der Waals surface area contributed by atoms with Gasteiger partial charge in [0.1, 0.15) is 17.4 Å². The van der Waals surface area contributed by atoms with Crippen LogP contribution in [0.4, 0.5) is 5.82 Å². The SMILES string of the molecule is Cc1nc(NCc2ccco2)c2scc(C)c2n1.Cl.Cl. The van der Waals surface area contributed by atoms with Gasteiger partial charge in [-0.3, -0.25) is 0 Å². The van der Waals surface area contributed by atoms with Crippen LogP contribution in [0.5, 0.6) is 0 Å². The molecule has 0 spiro atoms. The molecular weight excluding hydrogens is 317 g/mol. The number of hydrogen-bond donors (Lipinski definition) is 1. The number of rotatable bonds is 3. The van der Waals surface area contributed by atoms with Crippen molar-refractivity contribution in [1.29, 1.82) is 0 Å². The molecular formula is C13H15Cl2N3OS. The summed E-state index contributed by atoms with van der Waals surface area (Å²) in [6.45, 7) is 4.62. The number of aryl methyl sites for hydroxylation is 2. The molecule has 0 aliphatic rings. The molecule has 0 fully saturated rings. The molecule has 0 bridgehead atoms. The third kappa shape index (κ3) is 3.23. The van der Waals surface area contributed by atoms with E-state index in [2.05, 4.69) is 27.6 Å². The smallest absolute Gasteiger partial charge is 0.148 e. The van der Waals surface area contributed by atoms with Crippen LogP contribution in [0.25, 0.3) is 10.2 Å². The average molecular weight is 332 g/mol.